The van der Waals surface area contributed by atoms with Crippen LogP contribution in [0.5, 0.6) is 5.75 Å². The lowest BCUT2D eigenvalue weighted by Gasteiger charge is -2.28. The Hall–Kier alpha value is -3.60. The van der Waals surface area contributed by atoms with E-state index >= 15 is 0 Å². The molecule has 3 aromatic carbocycles. The lowest BCUT2D eigenvalue weighted by molar-refractivity contribution is -0.128. The summed E-state index contributed by atoms with van der Waals surface area (Å²) in [7, 11) is 3.32. The number of nitriles is 1. The Morgan fingerprint density at radius 2 is 2.00 bits per heavy atom. The van der Waals surface area contributed by atoms with Crippen molar-refractivity contribution in [1.29, 1.82) is 5.26 Å². The number of benzene rings is 3. The number of amides is 2. The molecule has 0 saturated carbocycles. The van der Waals surface area contributed by atoms with Gasteiger partial charge in [-0.15, -0.1) is 12.4 Å². The maximum atomic E-state index is 13.8. The van der Waals surface area contributed by atoms with Crippen molar-refractivity contribution in [2.75, 3.05) is 19.1 Å². The number of carbonyl (C=O) groups is 2. The molecule has 2 unspecified atom stereocenters. The topological polar surface area (TPSA) is 94.5 Å². The van der Waals surface area contributed by atoms with Crippen molar-refractivity contribution in [3.63, 3.8) is 0 Å². The zero-order valence-corrected chi connectivity index (χ0v) is 20.8. The number of hydrogen-bond acceptors (Lipinski definition) is 5. The van der Waals surface area contributed by atoms with E-state index in [-0.39, 0.29) is 30.8 Å². The van der Waals surface area contributed by atoms with E-state index in [1.165, 1.54) is 0 Å². The van der Waals surface area contributed by atoms with Crippen LogP contribution >= 0.6 is 12.4 Å². The van der Waals surface area contributed by atoms with Crippen LogP contribution in [0.1, 0.15) is 30.0 Å². The van der Waals surface area contributed by atoms with Crippen molar-refractivity contribution in [3.8, 4) is 11.8 Å². The number of anilines is 1. The third-order valence-electron chi connectivity index (χ3n) is 6.45. The summed E-state index contributed by atoms with van der Waals surface area (Å²) < 4.78 is 5.66. The molecule has 8 heteroatoms. The zero-order chi connectivity index (χ0) is 24.2. The molecule has 0 bridgehead atoms. The molecular formula is C27H29ClN4O3. The summed E-state index contributed by atoms with van der Waals surface area (Å²) in [5.74, 6) is 0.295. The molecule has 2 amide bonds. The Balaban J connectivity index is 0.00000342. The Kier molecular flexibility index (Phi) is 8.34. The van der Waals surface area contributed by atoms with Gasteiger partial charge in [-0.1, -0.05) is 30.3 Å². The SMILES string of the molecule is CNC(C)C(=O)NC1CCc2ccccc2N(Cc2c(OC)ccc3cc(C#N)ccc23)C1=O.Cl. The maximum absolute atomic E-state index is 13.8. The number of aryl methyl sites for hydroxylation is 1. The Bertz CT molecular complexity index is 1290. The van der Waals surface area contributed by atoms with Crippen LogP contribution in [-0.2, 0) is 22.6 Å². The predicted octanol–water partition coefficient (Wildman–Crippen LogP) is 3.71. The van der Waals surface area contributed by atoms with Crippen LogP contribution in [-0.4, -0.2) is 38.1 Å². The van der Waals surface area contributed by atoms with E-state index in [0.717, 1.165) is 27.6 Å². The molecule has 0 aromatic heterocycles. The number of nitrogens with zero attached hydrogens (tertiary/aromatic N) is 2. The molecular weight excluding hydrogens is 464 g/mol. The van der Waals surface area contributed by atoms with Crippen LogP contribution in [0.15, 0.2) is 54.6 Å². The molecule has 0 fully saturated rings. The molecule has 35 heavy (non-hydrogen) atoms. The van der Waals surface area contributed by atoms with Crippen LogP contribution < -0.4 is 20.3 Å². The second kappa shape index (κ2) is 11.2. The van der Waals surface area contributed by atoms with E-state index in [9.17, 15) is 14.9 Å². The highest BCUT2D eigenvalue weighted by Crippen LogP contribution is 2.34. The first-order chi connectivity index (χ1) is 16.5. The number of fused-ring (bicyclic) bond motifs is 2. The lowest BCUT2D eigenvalue weighted by atomic mass is 10.0. The van der Waals surface area contributed by atoms with Gasteiger partial charge in [0, 0.05) is 11.3 Å². The van der Waals surface area contributed by atoms with Gasteiger partial charge in [-0.05, 0) is 67.4 Å². The first-order valence-corrected chi connectivity index (χ1v) is 11.3. The average Bonchev–Trinajstić information content (AvgIpc) is 3.00. The molecule has 3 aromatic rings. The second-order valence-corrected chi connectivity index (χ2v) is 8.46. The van der Waals surface area contributed by atoms with Crippen molar-refractivity contribution >= 4 is 40.7 Å². The number of rotatable bonds is 6. The van der Waals surface area contributed by atoms with Crippen molar-refractivity contribution in [2.24, 2.45) is 0 Å². The molecule has 0 spiro atoms. The largest absolute Gasteiger partial charge is 0.496 e. The summed E-state index contributed by atoms with van der Waals surface area (Å²) in [5.41, 5.74) is 3.31. The highest BCUT2D eigenvalue weighted by atomic mass is 35.5. The van der Waals surface area contributed by atoms with Gasteiger partial charge < -0.3 is 20.3 Å². The normalized spacial score (nSPS) is 15.9. The second-order valence-electron chi connectivity index (χ2n) is 8.46. The van der Waals surface area contributed by atoms with Gasteiger partial charge in [-0.2, -0.15) is 5.26 Å². The summed E-state index contributed by atoms with van der Waals surface area (Å²) in [6.07, 6.45) is 1.20. The molecule has 182 valence electrons. The van der Waals surface area contributed by atoms with E-state index in [4.69, 9.17) is 4.74 Å². The smallest absolute Gasteiger partial charge is 0.249 e. The first-order valence-electron chi connectivity index (χ1n) is 11.3. The third kappa shape index (κ3) is 5.24. The minimum Gasteiger partial charge on any atom is -0.496 e. The fourth-order valence-corrected chi connectivity index (χ4v) is 4.40. The summed E-state index contributed by atoms with van der Waals surface area (Å²) in [4.78, 5) is 28.1. The van der Waals surface area contributed by atoms with Gasteiger partial charge in [0.05, 0.1) is 31.3 Å². The average molecular weight is 493 g/mol. The molecule has 0 aliphatic carbocycles. The number of nitrogens with one attached hydrogen (secondary N) is 2. The number of ether oxygens (including phenoxy) is 1. The fourth-order valence-electron chi connectivity index (χ4n) is 4.40. The van der Waals surface area contributed by atoms with E-state index in [1.54, 1.807) is 32.0 Å². The number of halogens is 1. The van der Waals surface area contributed by atoms with Crippen LogP contribution in [0.2, 0.25) is 0 Å². The molecule has 7 nitrogen and oxygen atoms in total. The van der Waals surface area contributed by atoms with Crippen molar-refractivity contribution in [3.05, 3.63) is 71.3 Å². The summed E-state index contributed by atoms with van der Waals surface area (Å²) >= 11 is 0. The monoisotopic (exact) mass is 492 g/mol. The highest BCUT2D eigenvalue weighted by Gasteiger charge is 2.32. The van der Waals surface area contributed by atoms with Crippen LogP contribution in [0.25, 0.3) is 10.8 Å². The van der Waals surface area contributed by atoms with Crippen molar-refractivity contribution < 1.29 is 14.3 Å². The van der Waals surface area contributed by atoms with Crippen molar-refractivity contribution in [2.45, 2.75) is 38.4 Å². The number of likely N-dealkylation sites (N-methyl/N-ethyl adjacent to an activating group) is 1. The Labute approximate surface area is 211 Å². The van der Waals surface area contributed by atoms with Gasteiger partial charge in [0.2, 0.25) is 11.8 Å². The summed E-state index contributed by atoms with van der Waals surface area (Å²) in [6.45, 7) is 2.04. The molecule has 2 N–H and O–H groups in total. The number of carbonyl (C=O) groups excluding carboxylic acids is 2. The van der Waals surface area contributed by atoms with E-state index in [1.807, 2.05) is 48.5 Å². The molecule has 0 saturated heterocycles. The standard InChI is InChI=1S/C27H28N4O3.ClH/c1-17(29-2)26(32)30-23-12-9-19-6-4-5-7-24(19)31(27(23)33)16-22-21-11-8-18(15-28)14-20(21)10-13-25(22)34-3;/h4-8,10-11,13-14,17,23,29H,9,12,16H2,1-3H3,(H,30,32);1H. The van der Waals surface area contributed by atoms with E-state index in [0.29, 0.717) is 24.2 Å². The molecule has 4 rings (SSSR count). The van der Waals surface area contributed by atoms with E-state index < -0.39 is 12.1 Å². The van der Waals surface area contributed by atoms with Gasteiger partial charge >= 0.3 is 0 Å². The Morgan fingerprint density at radius 3 is 2.71 bits per heavy atom. The van der Waals surface area contributed by atoms with Crippen molar-refractivity contribution in [1.82, 2.24) is 10.6 Å². The minimum absolute atomic E-state index is 0. The number of methoxy groups -OCH3 is 1. The van der Waals surface area contributed by atoms with Gasteiger partial charge in [0.25, 0.3) is 0 Å². The molecule has 0 radical (unpaired) electrons. The van der Waals surface area contributed by atoms with Gasteiger partial charge in [0.1, 0.15) is 11.8 Å². The first kappa shape index (κ1) is 26.0. The Morgan fingerprint density at radius 1 is 1.23 bits per heavy atom. The summed E-state index contributed by atoms with van der Waals surface area (Å²) in [5, 5.41) is 17.0. The zero-order valence-electron chi connectivity index (χ0n) is 20.0. The van der Waals surface area contributed by atoms with Gasteiger partial charge in [-0.3, -0.25) is 9.59 Å². The highest BCUT2D eigenvalue weighted by molar-refractivity contribution is 6.01. The summed E-state index contributed by atoms with van der Waals surface area (Å²) in [6, 6.07) is 18.3. The minimum atomic E-state index is -0.637. The molecule has 1 heterocycles. The molecule has 1 aliphatic heterocycles. The molecule has 1 aliphatic rings. The number of para-hydroxylation sites is 1. The van der Waals surface area contributed by atoms with Crippen LogP contribution in [0.4, 0.5) is 5.69 Å². The van der Waals surface area contributed by atoms with E-state index in [2.05, 4.69) is 16.7 Å². The molecule has 2 atom stereocenters. The van der Waals surface area contributed by atoms with Crippen LogP contribution in [0.3, 0.4) is 0 Å². The van der Waals surface area contributed by atoms with Gasteiger partial charge in [-0.25, -0.2) is 0 Å². The van der Waals surface area contributed by atoms with Gasteiger partial charge in [0.15, 0.2) is 0 Å². The van der Waals surface area contributed by atoms with Crippen LogP contribution in [0, 0.1) is 11.3 Å². The maximum Gasteiger partial charge on any atom is 0.249 e. The fraction of sp³-hybridized carbons (Fsp3) is 0.296. The lowest BCUT2D eigenvalue weighted by Crippen LogP contribution is -2.52. The predicted molar refractivity (Wildman–Crippen MR) is 139 cm³/mol. The number of hydrogen-bond donors (Lipinski definition) is 2. The quantitative estimate of drug-likeness (QED) is 0.547. The third-order valence-corrected chi connectivity index (χ3v) is 6.45.